The van der Waals surface area contributed by atoms with E-state index < -0.39 is 0 Å². The zero-order valence-electron chi connectivity index (χ0n) is 10.1. The molecule has 0 spiro atoms. The summed E-state index contributed by atoms with van der Waals surface area (Å²) < 4.78 is 0. The summed E-state index contributed by atoms with van der Waals surface area (Å²) in [5, 5.41) is 0. The first-order valence-corrected chi connectivity index (χ1v) is 6.36. The first-order chi connectivity index (χ1) is 6.88. The van der Waals surface area contributed by atoms with Crippen molar-refractivity contribution in [3.63, 3.8) is 0 Å². The maximum atomic E-state index is 5.94. The number of rotatable bonds is 4. The zero-order chi connectivity index (χ0) is 11.5. The molecule has 0 aliphatic carbocycles. The Hall–Kier alpha value is -0.470. The Morgan fingerprint density at radius 3 is 2.40 bits per heavy atom. The highest BCUT2D eigenvalue weighted by atomic mass is 32.2. The van der Waals surface area contributed by atoms with Crippen LogP contribution in [0.2, 0.25) is 0 Å². The Labute approximate surface area is 97.4 Å². The summed E-state index contributed by atoms with van der Waals surface area (Å²) in [7, 11) is 0. The van der Waals surface area contributed by atoms with Crippen LogP contribution in [0.25, 0.3) is 0 Å². The molecule has 2 heteroatoms. The molecule has 15 heavy (non-hydrogen) atoms. The Morgan fingerprint density at radius 1 is 1.20 bits per heavy atom. The molecule has 1 aromatic carbocycles. The standard InChI is InChI=1S/C13H21NS/c1-10-5-6-12(9-11(10)2)15-8-7-13(3,4)14/h5-6,9H,7-8,14H2,1-4H3. The van der Waals surface area contributed by atoms with Crippen molar-refractivity contribution in [2.45, 2.75) is 44.6 Å². The first-order valence-electron chi connectivity index (χ1n) is 5.37. The van der Waals surface area contributed by atoms with Crippen LogP contribution in [0.3, 0.4) is 0 Å². The summed E-state index contributed by atoms with van der Waals surface area (Å²) in [5.41, 5.74) is 8.62. The normalized spacial score (nSPS) is 11.8. The van der Waals surface area contributed by atoms with E-state index in [1.165, 1.54) is 16.0 Å². The van der Waals surface area contributed by atoms with E-state index in [1.54, 1.807) is 0 Å². The predicted molar refractivity (Wildman–Crippen MR) is 69.5 cm³/mol. The molecule has 2 N–H and O–H groups in total. The predicted octanol–water partition coefficient (Wildman–Crippen LogP) is 3.52. The second kappa shape index (κ2) is 5.04. The molecular formula is C13H21NS. The number of nitrogens with two attached hydrogens (primary N) is 1. The van der Waals surface area contributed by atoms with Crippen molar-refractivity contribution in [1.82, 2.24) is 0 Å². The maximum absolute atomic E-state index is 5.94. The lowest BCUT2D eigenvalue weighted by atomic mass is 10.0. The molecule has 0 heterocycles. The van der Waals surface area contributed by atoms with Crippen LogP contribution >= 0.6 is 11.8 Å². The van der Waals surface area contributed by atoms with E-state index in [0.717, 1.165) is 12.2 Å². The fourth-order valence-electron chi connectivity index (χ4n) is 1.24. The topological polar surface area (TPSA) is 26.0 Å². The highest BCUT2D eigenvalue weighted by molar-refractivity contribution is 7.99. The lowest BCUT2D eigenvalue weighted by Crippen LogP contribution is -2.32. The Bertz CT molecular complexity index is 326. The highest BCUT2D eigenvalue weighted by Crippen LogP contribution is 2.23. The quantitative estimate of drug-likeness (QED) is 0.790. The van der Waals surface area contributed by atoms with Gasteiger partial charge in [0, 0.05) is 10.4 Å². The van der Waals surface area contributed by atoms with Crippen molar-refractivity contribution in [3.05, 3.63) is 29.3 Å². The van der Waals surface area contributed by atoms with Gasteiger partial charge in [-0.2, -0.15) is 0 Å². The van der Waals surface area contributed by atoms with Crippen molar-refractivity contribution in [1.29, 1.82) is 0 Å². The van der Waals surface area contributed by atoms with Crippen LogP contribution in [-0.4, -0.2) is 11.3 Å². The monoisotopic (exact) mass is 223 g/mol. The summed E-state index contributed by atoms with van der Waals surface area (Å²) >= 11 is 1.89. The molecule has 0 aliphatic heterocycles. The Morgan fingerprint density at radius 2 is 1.87 bits per heavy atom. The Balaban J connectivity index is 2.48. The molecular weight excluding hydrogens is 202 g/mol. The van der Waals surface area contributed by atoms with Gasteiger partial charge in [-0.3, -0.25) is 0 Å². The van der Waals surface area contributed by atoms with Crippen LogP contribution in [0.15, 0.2) is 23.1 Å². The molecule has 0 saturated heterocycles. The smallest absolute Gasteiger partial charge is 0.0105 e. The van der Waals surface area contributed by atoms with Gasteiger partial charge in [0.15, 0.2) is 0 Å². The Kier molecular flexibility index (Phi) is 4.23. The van der Waals surface area contributed by atoms with Gasteiger partial charge in [0.1, 0.15) is 0 Å². The van der Waals surface area contributed by atoms with Crippen molar-refractivity contribution in [2.75, 3.05) is 5.75 Å². The second-order valence-corrected chi connectivity index (χ2v) is 6.00. The molecule has 0 fully saturated rings. The minimum absolute atomic E-state index is 0.0489. The molecule has 0 bridgehead atoms. The van der Waals surface area contributed by atoms with E-state index in [2.05, 4.69) is 45.9 Å². The summed E-state index contributed by atoms with van der Waals surface area (Å²) in [5.74, 6) is 1.09. The van der Waals surface area contributed by atoms with Crippen molar-refractivity contribution in [2.24, 2.45) is 5.73 Å². The molecule has 0 atom stereocenters. The van der Waals surface area contributed by atoms with Crippen LogP contribution in [0.5, 0.6) is 0 Å². The molecule has 1 aromatic rings. The minimum atomic E-state index is -0.0489. The SMILES string of the molecule is Cc1ccc(SCCC(C)(C)N)cc1C. The van der Waals surface area contributed by atoms with E-state index in [0.29, 0.717) is 0 Å². The third-order valence-corrected chi connectivity index (χ3v) is 3.49. The number of hydrogen-bond donors (Lipinski definition) is 1. The number of thioether (sulfide) groups is 1. The average molecular weight is 223 g/mol. The lowest BCUT2D eigenvalue weighted by Gasteiger charge is -2.17. The highest BCUT2D eigenvalue weighted by Gasteiger charge is 2.09. The molecule has 0 aliphatic rings. The van der Waals surface area contributed by atoms with Gasteiger partial charge in [-0.25, -0.2) is 0 Å². The average Bonchev–Trinajstić information content (AvgIpc) is 2.09. The van der Waals surface area contributed by atoms with Crippen LogP contribution in [0.4, 0.5) is 0 Å². The van der Waals surface area contributed by atoms with E-state index in [4.69, 9.17) is 5.73 Å². The van der Waals surface area contributed by atoms with Crippen LogP contribution < -0.4 is 5.73 Å². The molecule has 1 nitrogen and oxygen atoms in total. The van der Waals surface area contributed by atoms with Crippen LogP contribution in [0, 0.1) is 13.8 Å². The number of aryl methyl sites for hydroxylation is 2. The van der Waals surface area contributed by atoms with E-state index in [9.17, 15) is 0 Å². The lowest BCUT2D eigenvalue weighted by molar-refractivity contribution is 0.506. The number of benzene rings is 1. The largest absolute Gasteiger partial charge is 0.326 e. The van der Waals surface area contributed by atoms with Crippen molar-refractivity contribution in [3.8, 4) is 0 Å². The summed E-state index contributed by atoms with van der Waals surface area (Å²) in [6.45, 7) is 8.46. The molecule has 0 saturated carbocycles. The summed E-state index contributed by atoms with van der Waals surface area (Å²) in [4.78, 5) is 1.35. The van der Waals surface area contributed by atoms with E-state index in [1.807, 2.05) is 11.8 Å². The van der Waals surface area contributed by atoms with Gasteiger partial charge < -0.3 is 5.73 Å². The van der Waals surface area contributed by atoms with Gasteiger partial charge in [-0.05, 0) is 63.1 Å². The molecule has 0 aromatic heterocycles. The van der Waals surface area contributed by atoms with Gasteiger partial charge in [-0.15, -0.1) is 11.8 Å². The van der Waals surface area contributed by atoms with Gasteiger partial charge in [0.25, 0.3) is 0 Å². The maximum Gasteiger partial charge on any atom is 0.0105 e. The number of hydrogen-bond acceptors (Lipinski definition) is 2. The third kappa shape index (κ3) is 4.72. The van der Waals surface area contributed by atoms with Gasteiger partial charge in [-0.1, -0.05) is 6.07 Å². The minimum Gasteiger partial charge on any atom is -0.326 e. The van der Waals surface area contributed by atoms with Gasteiger partial charge >= 0.3 is 0 Å². The zero-order valence-corrected chi connectivity index (χ0v) is 10.9. The molecule has 84 valence electrons. The van der Waals surface area contributed by atoms with Crippen LogP contribution in [-0.2, 0) is 0 Å². The second-order valence-electron chi connectivity index (χ2n) is 4.83. The fourth-order valence-corrected chi connectivity index (χ4v) is 2.52. The third-order valence-electron chi connectivity index (χ3n) is 2.49. The molecule has 0 amide bonds. The summed E-state index contributed by atoms with van der Waals surface area (Å²) in [6, 6.07) is 6.63. The first kappa shape index (κ1) is 12.6. The van der Waals surface area contributed by atoms with Gasteiger partial charge in [0.05, 0.1) is 0 Å². The van der Waals surface area contributed by atoms with E-state index >= 15 is 0 Å². The van der Waals surface area contributed by atoms with Crippen LogP contribution in [0.1, 0.15) is 31.4 Å². The van der Waals surface area contributed by atoms with Crippen molar-refractivity contribution >= 4 is 11.8 Å². The molecule has 0 radical (unpaired) electrons. The fraction of sp³-hybridized carbons (Fsp3) is 0.538. The molecule has 0 unspecified atom stereocenters. The molecule has 1 rings (SSSR count). The van der Waals surface area contributed by atoms with E-state index in [-0.39, 0.29) is 5.54 Å². The van der Waals surface area contributed by atoms with Gasteiger partial charge in [0.2, 0.25) is 0 Å². The van der Waals surface area contributed by atoms with Crippen molar-refractivity contribution < 1.29 is 0 Å². The summed E-state index contributed by atoms with van der Waals surface area (Å²) in [6.07, 6.45) is 1.05.